The average Bonchev–Trinajstić information content (AvgIpc) is 3.47. The molecular weight excluding hydrogens is 539 g/mol. The fraction of sp³-hybridized carbons (Fsp3) is 0.281. The number of fused-ring (bicyclic) bond motifs is 2. The summed E-state index contributed by atoms with van der Waals surface area (Å²) >= 11 is 1.58. The molecule has 9 heteroatoms. The maximum atomic E-state index is 14.3. The summed E-state index contributed by atoms with van der Waals surface area (Å²) in [5.74, 6) is -0.0166. The third-order valence-electron chi connectivity index (χ3n) is 7.27. The molecule has 7 nitrogen and oxygen atoms in total. The number of rotatable bonds is 9. The lowest BCUT2D eigenvalue weighted by atomic mass is 9.96. The summed E-state index contributed by atoms with van der Waals surface area (Å²) in [6.07, 6.45) is 2.77. The third-order valence-corrected chi connectivity index (χ3v) is 8.19. The minimum Gasteiger partial charge on any atom is -0.490 e. The molecule has 0 radical (unpaired) electrons. The van der Waals surface area contributed by atoms with Gasteiger partial charge < -0.3 is 19.4 Å². The third kappa shape index (κ3) is 5.79. The van der Waals surface area contributed by atoms with Gasteiger partial charge in [0, 0.05) is 47.4 Å². The van der Waals surface area contributed by atoms with Crippen molar-refractivity contribution in [1.29, 1.82) is 0 Å². The van der Waals surface area contributed by atoms with Gasteiger partial charge in [-0.3, -0.25) is 4.79 Å². The Morgan fingerprint density at radius 3 is 2.76 bits per heavy atom. The summed E-state index contributed by atoms with van der Waals surface area (Å²) in [7, 11) is 0. The van der Waals surface area contributed by atoms with Crippen LogP contribution in [-0.2, 0) is 24.3 Å². The van der Waals surface area contributed by atoms with Gasteiger partial charge in [-0.1, -0.05) is 12.1 Å². The first-order chi connectivity index (χ1) is 20.0. The number of hydrogen-bond acceptors (Lipinski definition) is 7. The van der Waals surface area contributed by atoms with E-state index < -0.39 is 5.82 Å². The van der Waals surface area contributed by atoms with Crippen molar-refractivity contribution in [3.8, 4) is 28.3 Å². The van der Waals surface area contributed by atoms with Gasteiger partial charge in [0.1, 0.15) is 29.6 Å². The number of hydrogen-bond donors (Lipinski definition) is 1. The molecule has 0 unspecified atom stereocenters. The Morgan fingerprint density at radius 2 is 1.90 bits per heavy atom. The fourth-order valence-electron chi connectivity index (χ4n) is 5.15. The number of thiophene rings is 1. The molecule has 41 heavy (non-hydrogen) atoms. The molecule has 0 aliphatic carbocycles. The van der Waals surface area contributed by atoms with Crippen LogP contribution in [0.4, 0.5) is 4.39 Å². The first-order valence-corrected chi connectivity index (χ1v) is 14.6. The predicted molar refractivity (Wildman–Crippen MR) is 160 cm³/mol. The molecule has 1 aliphatic heterocycles. The van der Waals surface area contributed by atoms with E-state index in [-0.39, 0.29) is 31.4 Å². The van der Waals surface area contributed by atoms with Crippen LogP contribution in [0.5, 0.6) is 5.75 Å². The van der Waals surface area contributed by atoms with Crippen LogP contribution in [0, 0.1) is 5.82 Å². The van der Waals surface area contributed by atoms with E-state index in [0.717, 1.165) is 46.4 Å². The summed E-state index contributed by atoms with van der Waals surface area (Å²) in [5, 5.41) is 15.7. The van der Waals surface area contributed by atoms with Gasteiger partial charge in [0.2, 0.25) is 0 Å². The lowest BCUT2D eigenvalue weighted by Crippen LogP contribution is -2.23. The van der Waals surface area contributed by atoms with Gasteiger partial charge in [-0.05, 0) is 79.2 Å². The quantitative estimate of drug-likeness (QED) is 0.214. The minimum atomic E-state index is -0.397. The molecule has 6 rings (SSSR count). The van der Waals surface area contributed by atoms with Gasteiger partial charge in [-0.25, -0.2) is 4.39 Å². The second-order valence-corrected chi connectivity index (χ2v) is 11.3. The van der Waals surface area contributed by atoms with Crippen LogP contribution < -0.4 is 15.6 Å². The van der Waals surface area contributed by atoms with Crippen molar-refractivity contribution in [3.63, 3.8) is 0 Å². The van der Waals surface area contributed by atoms with Crippen LogP contribution >= 0.6 is 11.3 Å². The Bertz CT molecular complexity index is 1760. The normalized spacial score (nSPS) is 13.1. The number of halogens is 1. The molecule has 0 atom stereocenters. The van der Waals surface area contributed by atoms with Crippen molar-refractivity contribution < 1.29 is 13.9 Å². The maximum Gasteiger partial charge on any atom is 0.251 e. The Morgan fingerprint density at radius 1 is 1.02 bits per heavy atom. The minimum absolute atomic E-state index is 0.0577. The van der Waals surface area contributed by atoms with E-state index in [2.05, 4.69) is 39.8 Å². The van der Waals surface area contributed by atoms with Gasteiger partial charge in [0.05, 0.1) is 17.9 Å². The number of aromatic nitrogens is 3. The van der Waals surface area contributed by atoms with Gasteiger partial charge in [0.15, 0.2) is 0 Å². The Balaban J connectivity index is 1.19. The Labute approximate surface area is 241 Å². The van der Waals surface area contributed by atoms with E-state index in [9.17, 15) is 9.18 Å². The first-order valence-electron chi connectivity index (χ1n) is 13.8. The number of benzene rings is 2. The standard InChI is InChI=1S/C32H31FN4O3S/c1-20(2)37-11-8-21(15-29(37)38)19-39-12-13-40-28-17-25(33)5-6-26(28)31-32-27(9-14-41-32)30(35-36-31)23-3-4-24-18-34-10-7-22(24)16-23/h3-6,8-9,11,14-17,20,34H,7,10,12-13,18-19H2,1-2H3. The molecule has 0 spiro atoms. The summed E-state index contributed by atoms with van der Waals surface area (Å²) in [6, 6.07) is 16.6. The molecule has 0 amide bonds. The van der Waals surface area contributed by atoms with E-state index in [1.54, 1.807) is 34.2 Å². The van der Waals surface area contributed by atoms with E-state index in [0.29, 0.717) is 17.0 Å². The zero-order chi connectivity index (χ0) is 28.3. The molecule has 2 aromatic carbocycles. The van der Waals surface area contributed by atoms with E-state index in [1.165, 1.54) is 23.3 Å². The van der Waals surface area contributed by atoms with Crippen molar-refractivity contribution in [2.45, 2.75) is 39.5 Å². The van der Waals surface area contributed by atoms with Crippen LogP contribution in [0.2, 0.25) is 0 Å². The SMILES string of the molecule is CC(C)n1ccc(COCCOc2cc(F)ccc2-c2nnc(-c3ccc4c(c3)CCNC4)c3ccsc23)cc1=O. The van der Waals surface area contributed by atoms with Crippen molar-refractivity contribution in [3.05, 3.63) is 99.0 Å². The summed E-state index contributed by atoms with van der Waals surface area (Å²) in [4.78, 5) is 12.2. The Hall–Kier alpha value is -3.92. The molecule has 5 aromatic rings. The number of nitrogens with zero attached hydrogens (tertiary/aromatic N) is 3. The highest BCUT2D eigenvalue weighted by atomic mass is 32.1. The zero-order valence-electron chi connectivity index (χ0n) is 23.0. The number of ether oxygens (including phenoxy) is 2. The highest BCUT2D eigenvalue weighted by Crippen LogP contribution is 2.39. The van der Waals surface area contributed by atoms with Crippen molar-refractivity contribution >= 4 is 21.4 Å². The van der Waals surface area contributed by atoms with Crippen molar-refractivity contribution in [2.75, 3.05) is 19.8 Å². The first kappa shape index (κ1) is 27.3. The zero-order valence-corrected chi connectivity index (χ0v) is 23.8. The lowest BCUT2D eigenvalue weighted by Gasteiger charge is -2.18. The molecule has 3 aromatic heterocycles. The molecule has 0 bridgehead atoms. The molecule has 0 fully saturated rings. The van der Waals surface area contributed by atoms with Gasteiger partial charge in [0.25, 0.3) is 5.56 Å². The molecule has 1 aliphatic rings. The summed E-state index contributed by atoms with van der Waals surface area (Å²) < 4.78 is 28.6. The lowest BCUT2D eigenvalue weighted by molar-refractivity contribution is 0.0888. The topological polar surface area (TPSA) is 78.3 Å². The maximum absolute atomic E-state index is 14.3. The second kappa shape index (κ2) is 11.9. The smallest absolute Gasteiger partial charge is 0.251 e. The van der Waals surface area contributed by atoms with Crippen LogP contribution in [-0.4, -0.2) is 34.5 Å². The van der Waals surface area contributed by atoms with E-state index >= 15 is 0 Å². The highest BCUT2D eigenvalue weighted by molar-refractivity contribution is 7.17. The van der Waals surface area contributed by atoms with Crippen molar-refractivity contribution in [2.24, 2.45) is 0 Å². The van der Waals surface area contributed by atoms with Gasteiger partial charge in [-0.2, -0.15) is 0 Å². The average molecular weight is 571 g/mol. The second-order valence-electron chi connectivity index (χ2n) is 10.4. The largest absolute Gasteiger partial charge is 0.490 e. The van der Waals surface area contributed by atoms with E-state index in [1.807, 2.05) is 25.3 Å². The van der Waals surface area contributed by atoms with Crippen LogP contribution in [0.3, 0.4) is 0 Å². The monoisotopic (exact) mass is 570 g/mol. The summed E-state index contributed by atoms with van der Waals surface area (Å²) in [6.45, 7) is 6.56. The molecule has 1 N–H and O–H groups in total. The van der Waals surface area contributed by atoms with Crippen molar-refractivity contribution in [1.82, 2.24) is 20.1 Å². The summed E-state index contributed by atoms with van der Waals surface area (Å²) in [5.41, 5.74) is 6.61. The highest BCUT2D eigenvalue weighted by Gasteiger charge is 2.19. The number of pyridine rings is 1. The number of nitrogens with one attached hydrogen (secondary N) is 1. The fourth-order valence-corrected chi connectivity index (χ4v) is 6.05. The van der Waals surface area contributed by atoms with Gasteiger partial charge in [-0.15, -0.1) is 21.5 Å². The Kier molecular flexibility index (Phi) is 7.91. The van der Waals surface area contributed by atoms with Gasteiger partial charge >= 0.3 is 0 Å². The van der Waals surface area contributed by atoms with E-state index in [4.69, 9.17) is 9.47 Å². The van der Waals surface area contributed by atoms with Crippen LogP contribution in [0.15, 0.2) is 71.0 Å². The van der Waals surface area contributed by atoms with Crippen LogP contribution in [0.25, 0.3) is 32.6 Å². The molecule has 4 heterocycles. The molecular formula is C32H31FN4O3S. The van der Waals surface area contributed by atoms with Crippen LogP contribution in [0.1, 0.15) is 36.6 Å². The molecule has 210 valence electrons. The molecule has 0 saturated heterocycles. The molecule has 0 saturated carbocycles. The predicted octanol–water partition coefficient (Wildman–Crippen LogP) is 6.15.